The van der Waals surface area contributed by atoms with Crippen molar-refractivity contribution in [3.8, 4) is 0 Å². The van der Waals surface area contributed by atoms with Crippen LogP contribution in [0.2, 0.25) is 0 Å². The first-order valence-corrected chi connectivity index (χ1v) is 7.90. The van der Waals surface area contributed by atoms with Gasteiger partial charge in [-0.1, -0.05) is 0 Å². The molecule has 114 valence electrons. The lowest BCUT2D eigenvalue weighted by Gasteiger charge is -2.01. The Kier molecular flexibility index (Phi) is 6.33. The first-order chi connectivity index (χ1) is 9.36. The lowest BCUT2D eigenvalue weighted by molar-refractivity contribution is -0.392. The Morgan fingerprint density at radius 1 is 1.45 bits per heavy atom. The summed E-state index contributed by atoms with van der Waals surface area (Å²) >= 11 is 0. The van der Waals surface area contributed by atoms with Crippen molar-refractivity contribution >= 4 is 25.6 Å². The number of rotatable bonds is 9. The second-order valence-electron chi connectivity index (χ2n) is 3.73. The molecule has 0 aliphatic heterocycles. The van der Waals surface area contributed by atoms with Crippen LogP contribution in [0.4, 0.5) is 5.82 Å². The number of methoxy groups -OCH3 is 1. The van der Waals surface area contributed by atoms with Crippen LogP contribution < -0.4 is 0 Å². The molecular formula is C9H14ClN3O6S. The van der Waals surface area contributed by atoms with Crippen molar-refractivity contribution in [2.75, 3.05) is 26.9 Å². The molecule has 9 nitrogen and oxygen atoms in total. The second-order valence-corrected chi connectivity index (χ2v) is 6.27. The molecule has 1 aromatic rings. The molecule has 0 fully saturated rings. The maximum absolute atomic E-state index is 11.2. The number of ether oxygens (including phenoxy) is 2. The lowest BCUT2D eigenvalue weighted by atomic mass is 10.4. The average Bonchev–Trinajstić information content (AvgIpc) is 2.78. The van der Waals surface area contributed by atoms with Crippen LogP contribution in [0.1, 0.15) is 6.42 Å². The molecule has 0 spiro atoms. The molecule has 0 saturated carbocycles. The number of hydrogen-bond donors (Lipinski definition) is 0. The highest BCUT2D eigenvalue weighted by atomic mass is 35.7. The predicted octanol–water partition coefficient (Wildman–Crippen LogP) is 0.772. The van der Waals surface area contributed by atoms with Crippen molar-refractivity contribution < 1.29 is 22.8 Å². The molecule has 0 bridgehead atoms. The summed E-state index contributed by atoms with van der Waals surface area (Å²) in [5, 5.41) is 14.3. The van der Waals surface area contributed by atoms with Crippen LogP contribution in [-0.2, 0) is 25.1 Å². The van der Waals surface area contributed by atoms with Crippen molar-refractivity contribution in [1.29, 1.82) is 0 Å². The molecule has 1 heterocycles. The highest BCUT2D eigenvalue weighted by Crippen LogP contribution is 2.24. The zero-order chi connectivity index (χ0) is 15.2. The monoisotopic (exact) mass is 327 g/mol. The van der Waals surface area contributed by atoms with E-state index in [1.807, 2.05) is 0 Å². The van der Waals surface area contributed by atoms with Crippen LogP contribution in [0.5, 0.6) is 0 Å². The van der Waals surface area contributed by atoms with Gasteiger partial charge in [0, 0.05) is 24.4 Å². The predicted molar refractivity (Wildman–Crippen MR) is 69.2 cm³/mol. The molecule has 20 heavy (non-hydrogen) atoms. The smallest absolute Gasteiger partial charge is 0.382 e. The first-order valence-electron chi connectivity index (χ1n) is 5.59. The topological polar surface area (TPSA) is 114 Å². The molecule has 0 N–H and O–H groups in total. The van der Waals surface area contributed by atoms with Gasteiger partial charge in [-0.2, -0.15) is 4.68 Å². The quantitative estimate of drug-likeness (QED) is 0.285. The highest BCUT2D eigenvalue weighted by molar-refractivity contribution is 8.13. The third-order valence-electron chi connectivity index (χ3n) is 2.25. The maximum Gasteiger partial charge on any atom is 0.410 e. The fraction of sp³-hybridized carbons (Fsp3) is 0.667. The largest absolute Gasteiger partial charge is 0.410 e. The van der Waals surface area contributed by atoms with Gasteiger partial charge in [-0.05, 0) is 11.3 Å². The molecule has 0 radical (unpaired) electrons. The summed E-state index contributed by atoms with van der Waals surface area (Å²) in [5.41, 5.74) is 0. The fourth-order valence-electron chi connectivity index (χ4n) is 1.38. The van der Waals surface area contributed by atoms with E-state index in [2.05, 4.69) is 5.10 Å². The Morgan fingerprint density at radius 2 is 2.15 bits per heavy atom. The zero-order valence-electron chi connectivity index (χ0n) is 10.7. The first kappa shape index (κ1) is 16.8. The summed E-state index contributed by atoms with van der Waals surface area (Å²) in [6, 6.07) is 0. The second kappa shape index (κ2) is 7.53. The third-order valence-corrected chi connectivity index (χ3v) is 3.57. The fourth-order valence-corrected chi connectivity index (χ4v) is 2.29. The van der Waals surface area contributed by atoms with Gasteiger partial charge < -0.3 is 19.6 Å². The Balaban J connectivity index is 2.62. The van der Waals surface area contributed by atoms with Crippen LogP contribution in [0, 0.1) is 10.1 Å². The van der Waals surface area contributed by atoms with Crippen LogP contribution in [0.25, 0.3) is 0 Å². The van der Waals surface area contributed by atoms with Gasteiger partial charge in [0.05, 0.1) is 31.1 Å². The number of hydrogen-bond acceptors (Lipinski definition) is 7. The standard InChI is InChI=1S/C9H14ClN3O6S/c1-18-5-6-19-4-2-3-12-7-8(20(10,16)17)9(11-12)13(14)15/h7H,2-6H2,1H3. The minimum atomic E-state index is -4.20. The van der Waals surface area contributed by atoms with E-state index < -0.39 is 24.7 Å². The number of aryl methyl sites for hydroxylation is 1. The summed E-state index contributed by atoms with van der Waals surface area (Å²) in [6.45, 7) is 1.60. The average molecular weight is 328 g/mol. The minimum absolute atomic E-state index is 0.278. The normalized spacial score (nSPS) is 11.7. The molecule has 0 amide bonds. The molecule has 1 aromatic heterocycles. The summed E-state index contributed by atoms with van der Waals surface area (Å²) in [4.78, 5) is 9.20. The zero-order valence-corrected chi connectivity index (χ0v) is 12.3. The van der Waals surface area contributed by atoms with E-state index >= 15 is 0 Å². The van der Waals surface area contributed by atoms with Crippen molar-refractivity contribution in [1.82, 2.24) is 9.78 Å². The molecule has 11 heteroatoms. The van der Waals surface area contributed by atoms with Crippen molar-refractivity contribution in [2.24, 2.45) is 0 Å². The van der Waals surface area contributed by atoms with Crippen LogP contribution >= 0.6 is 10.7 Å². The number of halogens is 1. The lowest BCUT2D eigenvalue weighted by Crippen LogP contribution is -2.06. The van der Waals surface area contributed by atoms with E-state index in [0.717, 1.165) is 10.9 Å². The van der Waals surface area contributed by atoms with Crippen LogP contribution in [0.15, 0.2) is 11.1 Å². The summed E-state index contributed by atoms with van der Waals surface area (Å²) < 4.78 is 33.5. The van der Waals surface area contributed by atoms with Crippen LogP contribution in [0.3, 0.4) is 0 Å². The molecule has 0 atom stereocenters. The number of nitrogens with zero attached hydrogens (tertiary/aromatic N) is 3. The number of nitro groups is 1. The summed E-state index contributed by atoms with van der Waals surface area (Å²) in [7, 11) is 2.47. The van der Waals surface area contributed by atoms with Gasteiger partial charge in [-0.25, -0.2) is 8.42 Å². The molecule has 0 aromatic carbocycles. The maximum atomic E-state index is 11.2. The van der Waals surface area contributed by atoms with E-state index in [1.54, 1.807) is 7.11 Å². The van der Waals surface area contributed by atoms with E-state index in [0.29, 0.717) is 26.2 Å². The van der Waals surface area contributed by atoms with Gasteiger partial charge in [0.1, 0.15) is 0 Å². The third kappa shape index (κ3) is 5.04. The summed E-state index contributed by atoms with van der Waals surface area (Å²) in [5.74, 6) is -0.777. The van der Waals surface area contributed by atoms with E-state index in [1.165, 1.54) is 0 Å². The Hall–Kier alpha value is -1.23. The highest BCUT2D eigenvalue weighted by Gasteiger charge is 2.29. The van der Waals surface area contributed by atoms with Crippen LogP contribution in [-0.4, -0.2) is 50.1 Å². The van der Waals surface area contributed by atoms with E-state index in [4.69, 9.17) is 20.2 Å². The van der Waals surface area contributed by atoms with E-state index in [-0.39, 0.29) is 6.54 Å². The SMILES string of the molecule is COCCOCCCn1cc(S(=O)(=O)Cl)c([N+](=O)[O-])n1. The molecule has 1 rings (SSSR count). The van der Waals surface area contributed by atoms with Gasteiger partial charge in [0.15, 0.2) is 0 Å². The van der Waals surface area contributed by atoms with Gasteiger partial charge >= 0.3 is 5.82 Å². The van der Waals surface area contributed by atoms with Crippen molar-refractivity contribution in [3.63, 3.8) is 0 Å². The molecule has 0 saturated heterocycles. The summed E-state index contributed by atoms with van der Waals surface area (Å²) in [6.07, 6.45) is 1.56. The minimum Gasteiger partial charge on any atom is -0.382 e. The molecule has 0 aliphatic rings. The number of aromatic nitrogens is 2. The Bertz CT molecular complexity index is 558. The van der Waals surface area contributed by atoms with Gasteiger partial charge in [0.2, 0.25) is 4.90 Å². The van der Waals surface area contributed by atoms with Gasteiger partial charge in [0.25, 0.3) is 9.05 Å². The van der Waals surface area contributed by atoms with Crippen molar-refractivity contribution in [2.45, 2.75) is 17.9 Å². The van der Waals surface area contributed by atoms with E-state index in [9.17, 15) is 18.5 Å². The van der Waals surface area contributed by atoms with Gasteiger partial charge in [-0.15, -0.1) is 0 Å². The molecule has 0 unspecified atom stereocenters. The van der Waals surface area contributed by atoms with Crippen molar-refractivity contribution in [3.05, 3.63) is 16.3 Å². The Morgan fingerprint density at radius 3 is 2.65 bits per heavy atom. The molecule has 0 aliphatic carbocycles. The van der Waals surface area contributed by atoms with Gasteiger partial charge in [-0.3, -0.25) is 0 Å². The Labute approximate surface area is 120 Å². The molecular weight excluding hydrogens is 314 g/mol.